The summed E-state index contributed by atoms with van der Waals surface area (Å²) < 4.78 is 10.0. The summed E-state index contributed by atoms with van der Waals surface area (Å²) in [6.07, 6.45) is 1.93. The molecule has 19 heavy (non-hydrogen) atoms. The average molecular weight is 269 g/mol. The number of nitrogens with one attached hydrogen (secondary N) is 1. The first kappa shape index (κ1) is 13.8. The molecule has 0 bridgehead atoms. The van der Waals surface area contributed by atoms with Gasteiger partial charge in [-0.3, -0.25) is 14.4 Å². The molecule has 0 saturated heterocycles. The van der Waals surface area contributed by atoms with E-state index in [0.717, 1.165) is 6.42 Å². The maximum Gasteiger partial charge on any atom is 0.311 e. The fraction of sp³-hybridized carbons (Fsp3) is 0.769. The molecular formula is C13H19NO5. The molecule has 4 atom stereocenters. The van der Waals surface area contributed by atoms with Crippen molar-refractivity contribution in [3.8, 4) is 0 Å². The molecular weight excluding hydrogens is 250 g/mol. The first-order valence-corrected chi connectivity index (χ1v) is 6.68. The molecule has 4 unspecified atom stereocenters. The van der Waals surface area contributed by atoms with E-state index in [1.165, 1.54) is 0 Å². The van der Waals surface area contributed by atoms with Crippen LogP contribution < -0.4 is 5.32 Å². The summed E-state index contributed by atoms with van der Waals surface area (Å²) in [4.78, 5) is 34.7. The molecule has 6 nitrogen and oxygen atoms in total. The third-order valence-corrected chi connectivity index (χ3v) is 4.18. The van der Waals surface area contributed by atoms with Crippen molar-refractivity contribution in [1.29, 1.82) is 0 Å². The Hall–Kier alpha value is -1.59. The summed E-state index contributed by atoms with van der Waals surface area (Å²) in [6.45, 7) is 4.06. The molecule has 0 heterocycles. The van der Waals surface area contributed by atoms with Crippen LogP contribution in [0.4, 0.5) is 0 Å². The molecule has 2 fully saturated rings. The van der Waals surface area contributed by atoms with Gasteiger partial charge in [-0.05, 0) is 32.6 Å². The molecule has 1 amide bonds. The fourth-order valence-corrected chi connectivity index (χ4v) is 3.49. The number of amides is 1. The lowest BCUT2D eigenvalue weighted by atomic mass is 9.94. The number of rotatable bonds is 6. The van der Waals surface area contributed by atoms with E-state index in [2.05, 4.69) is 5.32 Å². The van der Waals surface area contributed by atoms with E-state index in [-0.39, 0.29) is 17.9 Å². The Kier molecular flexibility index (Phi) is 3.78. The van der Waals surface area contributed by atoms with Gasteiger partial charge in [0.25, 0.3) is 0 Å². The van der Waals surface area contributed by atoms with E-state index in [1.54, 1.807) is 13.8 Å². The summed E-state index contributed by atoms with van der Waals surface area (Å²) in [7, 11) is 0. The highest BCUT2D eigenvalue weighted by Crippen LogP contribution is 2.64. The monoisotopic (exact) mass is 269 g/mol. The third kappa shape index (κ3) is 1.99. The Morgan fingerprint density at radius 3 is 2.42 bits per heavy atom. The number of hydrogen-bond donors (Lipinski definition) is 1. The minimum Gasteiger partial charge on any atom is -0.466 e. The Morgan fingerprint density at radius 1 is 1.21 bits per heavy atom. The zero-order valence-corrected chi connectivity index (χ0v) is 11.2. The molecule has 0 aliphatic heterocycles. The van der Waals surface area contributed by atoms with Crippen molar-refractivity contribution >= 4 is 18.3 Å². The van der Waals surface area contributed by atoms with Crippen molar-refractivity contribution in [1.82, 2.24) is 5.32 Å². The smallest absolute Gasteiger partial charge is 0.311 e. The van der Waals surface area contributed by atoms with Crippen molar-refractivity contribution in [3.63, 3.8) is 0 Å². The van der Waals surface area contributed by atoms with Crippen molar-refractivity contribution in [2.24, 2.45) is 17.8 Å². The highest BCUT2D eigenvalue weighted by Gasteiger charge is 2.76. The van der Waals surface area contributed by atoms with E-state index in [9.17, 15) is 14.4 Å². The van der Waals surface area contributed by atoms with Crippen LogP contribution in [0.5, 0.6) is 0 Å². The minimum absolute atomic E-state index is 0.00819. The molecule has 0 aromatic carbocycles. The second-order valence-corrected chi connectivity index (χ2v) is 4.91. The van der Waals surface area contributed by atoms with Crippen LogP contribution in [0, 0.1) is 17.8 Å². The van der Waals surface area contributed by atoms with Gasteiger partial charge in [-0.15, -0.1) is 0 Å². The molecule has 2 aliphatic carbocycles. The molecule has 2 rings (SSSR count). The summed E-state index contributed by atoms with van der Waals surface area (Å²) in [5, 5.41) is 2.69. The van der Waals surface area contributed by atoms with Crippen LogP contribution in [0.15, 0.2) is 0 Å². The maximum absolute atomic E-state index is 12.0. The van der Waals surface area contributed by atoms with E-state index in [0.29, 0.717) is 26.0 Å². The van der Waals surface area contributed by atoms with Crippen molar-refractivity contribution in [3.05, 3.63) is 0 Å². The van der Waals surface area contributed by atoms with Gasteiger partial charge in [-0.1, -0.05) is 0 Å². The van der Waals surface area contributed by atoms with Gasteiger partial charge >= 0.3 is 11.9 Å². The van der Waals surface area contributed by atoms with E-state index in [4.69, 9.17) is 9.47 Å². The highest BCUT2D eigenvalue weighted by molar-refractivity contribution is 5.86. The zero-order valence-electron chi connectivity index (χ0n) is 11.2. The lowest BCUT2D eigenvalue weighted by molar-refractivity contribution is -0.151. The highest BCUT2D eigenvalue weighted by atomic mass is 16.5. The number of esters is 2. The third-order valence-electron chi connectivity index (χ3n) is 4.18. The minimum atomic E-state index is -0.778. The summed E-state index contributed by atoms with van der Waals surface area (Å²) in [6, 6.07) is 0. The normalized spacial score (nSPS) is 35.2. The molecule has 106 valence electrons. The SMILES string of the molecule is CCOC(=O)C1CCC2C(C(=O)OCC)C12NC=O. The first-order chi connectivity index (χ1) is 9.13. The lowest BCUT2D eigenvalue weighted by Crippen LogP contribution is -2.44. The van der Waals surface area contributed by atoms with Crippen LogP contribution in [0.2, 0.25) is 0 Å². The Labute approximate surface area is 111 Å². The van der Waals surface area contributed by atoms with Crippen molar-refractivity contribution in [2.45, 2.75) is 32.2 Å². The molecule has 0 aromatic heterocycles. The van der Waals surface area contributed by atoms with E-state index in [1.807, 2.05) is 0 Å². The number of carbonyl (C=O) groups is 3. The predicted molar refractivity (Wildman–Crippen MR) is 64.9 cm³/mol. The molecule has 2 aliphatic rings. The Morgan fingerprint density at radius 2 is 1.84 bits per heavy atom. The summed E-state index contributed by atoms with van der Waals surface area (Å²) >= 11 is 0. The van der Waals surface area contributed by atoms with Crippen LogP contribution in [0.3, 0.4) is 0 Å². The second kappa shape index (κ2) is 5.19. The number of ether oxygens (including phenoxy) is 2. The van der Waals surface area contributed by atoms with Gasteiger partial charge in [0.2, 0.25) is 6.41 Å². The van der Waals surface area contributed by atoms with Crippen LogP contribution in [0.25, 0.3) is 0 Å². The standard InChI is InChI=1S/C13H19NO5/c1-3-18-11(16)9-6-5-8-10(12(17)19-4-2)13(8,9)14-7-15/h7-10H,3-6H2,1-2H3,(H,14,15). The van der Waals surface area contributed by atoms with Gasteiger partial charge in [-0.25, -0.2) is 0 Å². The molecule has 1 N–H and O–H groups in total. The van der Waals surface area contributed by atoms with E-state index >= 15 is 0 Å². The molecule has 0 radical (unpaired) electrons. The number of hydrogen-bond acceptors (Lipinski definition) is 5. The van der Waals surface area contributed by atoms with Gasteiger partial charge in [0.15, 0.2) is 0 Å². The molecule has 0 spiro atoms. The Bertz CT molecular complexity index is 396. The molecule has 0 aromatic rings. The zero-order chi connectivity index (χ0) is 14.0. The van der Waals surface area contributed by atoms with Crippen LogP contribution >= 0.6 is 0 Å². The van der Waals surface area contributed by atoms with Gasteiger partial charge < -0.3 is 14.8 Å². The first-order valence-electron chi connectivity index (χ1n) is 6.68. The predicted octanol–water partition coefficient (Wildman–Crippen LogP) is 0.253. The van der Waals surface area contributed by atoms with Crippen LogP contribution in [0.1, 0.15) is 26.7 Å². The molecule has 2 saturated carbocycles. The Balaban J connectivity index is 2.17. The quantitative estimate of drug-likeness (QED) is 0.552. The van der Waals surface area contributed by atoms with Crippen LogP contribution in [-0.2, 0) is 23.9 Å². The topological polar surface area (TPSA) is 81.7 Å². The van der Waals surface area contributed by atoms with Crippen molar-refractivity contribution < 1.29 is 23.9 Å². The van der Waals surface area contributed by atoms with Crippen LogP contribution in [-0.4, -0.2) is 37.1 Å². The van der Waals surface area contributed by atoms with Gasteiger partial charge in [0.1, 0.15) is 0 Å². The second-order valence-electron chi connectivity index (χ2n) is 4.91. The average Bonchev–Trinajstić information content (AvgIpc) is 2.85. The van der Waals surface area contributed by atoms with Crippen molar-refractivity contribution in [2.75, 3.05) is 13.2 Å². The van der Waals surface area contributed by atoms with Gasteiger partial charge in [-0.2, -0.15) is 0 Å². The summed E-state index contributed by atoms with van der Waals surface area (Å²) in [5.41, 5.74) is -0.778. The fourth-order valence-electron chi connectivity index (χ4n) is 3.49. The van der Waals surface area contributed by atoms with E-state index < -0.39 is 17.4 Å². The number of fused-ring (bicyclic) bond motifs is 1. The lowest BCUT2D eigenvalue weighted by Gasteiger charge is -2.22. The van der Waals surface area contributed by atoms with Gasteiger partial charge in [0, 0.05) is 0 Å². The van der Waals surface area contributed by atoms with Gasteiger partial charge in [0.05, 0.1) is 30.6 Å². The number of carbonyl (C=O) groups excluding carboxylic acids is 3. The maximum atomic E-state index is 12.0. The molecule has 6 heteroatoms. The summed E-state index contributed by atoms with van der Waals surface area (Å²) in [5.74, 6) is -1.55. The largest absolute Gasteiger partial charge is 0.466 e.